The molecule has 0 N–H and O–H groups in total. The lowest BCUT2D eigenvalue weighted by atomic mass is 9.92. The van der Waals surface area contributed by atoms with Gasteiger partial charge in [-0.15, -0.1) is 0 Å². The quantitative estimate of drug-likeness (QED) is 0.518. The Labute approximate surface area is 67.0 Å². The molecule has 0 heterocycles. The highest BCUT2D eigenvalue weighted by molar-refractivity contribution is 6.08. The minimum Gasteiger partial charge on any atom is -0.299 e. The molecule has 0 atom stereocenters. The first-order valence-corrected chi connectivity index (χ1v) is 3.91. The molecule has 0 aliphatic heterocycles. The van der Waals surface area contributed by atoms with Crippen LogP contribution < -0.4 is 0 Å². The number of hydrogen-bond acceptors (Lipinski definition) is 2. The zero-order valence-corrected chi connectivity index (χ0v) is 7.05. The normalized spacial score (nSPS) is 26.5. The molecule has 1 aliphatic carbocycles. The number of nitrogens with zero attached hydrogens (tertiary/aromatic N) is 1. The van der Waals surface area contributed by atoms with Gasteiger partial charge in [0.15, 0.2) is 0 Å². The van der Waals surface area contributed by atoms with Crippen LogP contribution in [0, 0.1) is 0 Å². The van der Waals surface area contributed by atoms with Gasteiger partial charge in [-0.2, -0.15) is 0 Å². The highest BCUT2D eigenvalue weighted by Crippen LogP contribution is 2.17. The summed E-state index contributed by atoms with van der Waals surface area (Å²) in [5.41, 5.74) is 2.22. The minimum absolute atomic E-state index is 0.338. The third-order valence-electron chi connectivity index (χ3n) is 2.02. The zero-order valence-electron chi connectivity index (χ0n) is 7.05. The van der Waals surface area contributed by atoms with Crippen molar-refractivity contribution >= 4 is 11.5 Å². The van der Waals surface area contributed by atoms with Crippen LogP contribution in [0.1, 0.15) is 26.2 Å². The van der Waals surface area contributed by atoms with Gasteiger partial charge >= 0.3 is 0 Å². The maximum absolute atomic E-state index is 11.0. The van der Waals surface area contributed by atoms with Crippen LogP contribution in [0.5, 0.6) is 0 Å². The molecule has 2 nitrogen and oxygen atoms in total. The van der Waals surface area contributed by atoms with Crippen molar-refractivity contribution in [1.29, 1.82) is 0 Å². The average Bonchev–Trinajstić information content (AvgIpc) is 2.04. The summed E-state index contributed by atoms with van der Waals surface area (Å²) in [4.78, 5) is 15.1. The Bertz CT molecular complexity index is 226. The lowest BCUT2D eigenvalue weighted by Gasteiger charge is -2.14. The Hall–Kier alpha value is -0.920. The van der Waals surface area contributed by atoms with Crippen LogP contribution in [0.3, 0.4) is 0 Å². The van der Waals surface area contributed by atoms with Crippen LogP contribution in [0.2, 0.25) is 0 Å². The molecule has 2 heteroatoms. The van der Waals surface area contributed by atoms with E-state index >= 15 is 0 Å². The summed E-state index contributed by atoms with van der Waals surface area (Å²) in [6, 6.07) is 0. The van der Waals surface area contributed by atoms with Gasteiger partial charge in [0, 0.05) is 25.6 Å². The van der Waals surface area contributed by atoms with Crippen molar-refractivity contribution < 1.29 is 4.79 Å². The topological polar surface area (TPSA) is 29.4 Å². The second kappa shape index (κ2) is 3.46. The first kappa shape index (κ1) is 8.18. The van der Waals surface area contributed by atoms with Crippen LogP contribution in [0.4, 0.5) is 0 Å². The SMILES string of the molecule is C/C=C1/CC(=O)CCC1=NC. The number of ketones is 1. The van der Waals surface area contributed by atoms with Gasteiger partial charge < -0.3 is 0 Å². The molecule has 0 unspecified atom stereocenters. The Morgan fingerprint density at radius 1 is 1.45 bits per heavy atom. The van der Waals surface area contributed by atoms with Gasteiger partial charge in [-0.1, -0.05) is 6.08 Å². The molecule has 0 radical (unpaired) electrons. The molecule has 0 spiro atoms. The number of allylic oxidation sites excluding steroid dienone is 2. The molecule has 1 saturated carbocycles. The van der Waals surface area contributed by atoms with Crippen LogP contribution in [0.25, 0.3) is 0 Å². The largest absolute Gasteiger partial charge is 0.299 e. The van der Waals surface area contributed by atoms with Crippen LogP contribution >= 0.6 is 0 Å². The third kappa shape index (κ3) is 1.76. The smallest absolute Gasteiger partial charge is 0.137 e. The number of carbonyl (C=O) groups excluding carboxylic acids is 1. The molecule has 0 aromatic heterocycles. The van der Waals surface area contributed by atoms with Crippen molar-refractivity contribution in [2.75, 3.05) is 7.05 Å². The second-order valence-electron chi connectivity index (χ2n) is 2.70. The Balaban J connectivity index is 2.79. The molecule has 0 aromatic carbocycles. The summed E-state index contributed by atoms with van der Waals surface area (Å²) in [5.74, 6) is 0.338. The number of Topliss-reactive ketones (excluding diaryl/α,β-unsaturated/α-hetero) is 1. The fourth-order valence-corrected chi connectivity index (χ4v) is 1.35. The van der Waals surface area contributed by atoms with E-state index in [2.05, 4.69) is 4.99 Å². The van der Waals surface area contributed by atoms with Crippen LogP contribution in [-0.4, -0.2) is 18.5 Å². The van der Waals surface area contributed by atoms with Gasteiger partial charge in [-0.05, 0) is 18.9 Å². The summed E-state index contributed by atoms with van der Waals surface area (Å²) in [5, 5.41) is 0. The van der Waals surface area contributed by atoms with E-state index in [9.17, 15) is 4.79 Å². The molecule has 0 saturated heterocycles. The van der Waals surface area contributed by atoms with Crippen molar-refractivity contribution in [3.8, 4) is 0 Å². The highest BCUT2D eigenvalue weighted by Gasteiger charge is 2.17. The van der Waals surface area contributed by atoms with E-state index in [1.54, 1.807) is 7.05 Å². The van der Waals surface area contributed by atoms with Gasteiger partial charge in [0.2, 0.25) is 0 Å². The van der Waals surface area contributed by atoms with E-state index in [4.69, 9.17) is 0 Å². The number of carbonyl (C=O) groups is 1. The maximum atomic E-state index is 11.0. The monoisotopic (exact) mass is 151 g/mol. The minimum atomic E-state index is 0.338. The molecule has 60 valence electrons. The lowest BCUT2D eigenvalue weighted by Crippen LogP contribution is -2.16. The average molecular weight is 151 g/mol. The van der Waals surface area contributed by atoms with Crippen molar-refractivity contribution in [2.24, 2.45) is 4.99 Å². The van der Waals surface area contributed by atoms with Gasteiger partial charge in [-0.3, -0.25) is 9.79 Å². The fourth-order valence-electron chi connectivity index (χ4n) is 1.35. The summed E-state index contributed by atoms with van der Waals surface area (Å²) < 4.78 is 0. The molecular formula is C9H13NO. The summed E-state index contributed by atoms with van der Waals surface area (Å²) >= 11 is 0. The first-order valence-electron chi connectivity index (χ1n) is 3.91. The van der Waals surface area contributed by atoms with E-state index in [-0.39, 0.29) is 0 Å². The zero-order chi connectivity index (χ0) is 8.27. The molecule has 1 fully saturated rings. The highest BCUT2D eigenvalue weighted by atomic mass is 16.1. The van der Waals surface area contributed by atoms with Crippen LogP contribution in [0.15, 0.2) is 16.6 Å². The number of rotatable bonds is 0. The van der Waals surface area contributed by atoms with Crippen molar-refractivity contribution in [2.45, 2.75) is 26.2 Å². The molecule has 1 rings (SSSR count). The van der Waals surface area contributed by atoms with Crippen LogP contribution in [-0.2, 0) is 4.79 Å². The summed E-state index contributed by atoms with van der Waals surface area (Å²) in [7, 11) is 1.79. The standard InChI is InChI=1S/C9H13NO/c1-3-7-6-8(11)4-5-9(7)10-2/h3H,4-6H2,1-2H3/b7-3-,10-9?. The summed E-state index contributed by atoms with van der Waals surface area (Å²) in [6.07, 6.45) is 4.07. The van der Waals surface area contributed by atoms with Crippen molar-refractivity contribution in [3.63, 3.8) is 0 Å². The Kier molecular flexibility index (Phi) is 2.58. The molecule has 0 amide bonds. The predicted molar refractivity (Wildman–Crippen MR) is 46.0 cm³/mol. The van der Waals surface area contributed by atoms with E-state index < -0.39 is 0 Å². The van der Waals surface area contributed by atoms with E-state index in [0.29, 0.717) is 18.6 Å². The molecule has 11 heavy (non-hydrogen) atoms. The second-order valence-corrected chi connectivity index (χ2v) is 2.70. The molecular weight excluding hydrogens is 138 g/mol. The molecule has 0 bridgehead atoms. The van der Waals surface area contributed by atoms with E-state index in [0.717, 1.165) is 17.7 Å². The van der Waals surface area contributed by atoms with Crippen molar-refractivity contribution in [1.82, 2.24) is 0 Å². The molecule has 1 aliphatic rings. The summed E-state index contributed by atoms with van der Waals surface area (Å²) in [6.45, 7) is 1.96. The Morgan fingerprint density at radius 3 is 2.73 bits per heavy atom. The molecule has 0 aromatic rings. The first-order chi connectivity index (χ1) is 5.27. The lowest BCUT2D eigenvalue weighted by molar-refractivity contribution is -0.118. The van der Waals surface area contributed by atoms with Gasteiger partial charge in [-0.25, -0.2) is 0 Å². The van der Waals surface area contributed by atoms with Gasteiger partial charge in [0.05, 0.1) is 0 Å². The predicted octanol–water partition coefficient (Wildman–Crippen LogP) is 1.76. The number of hydrogen-bond donors (Lipinski definition) is 0. The third-order valence-corrected chi connectivity index (χ3v) is 2.02. The maximum Gasteiger partial charge on any atom is 0.137 e. The fraction of sp³-hybridized carbons (Fsp3) is 0.556. The van der Waals surface area contributed by atoms with E-state index in [1.807, 2.05) is 13.0 Å². The Morgan fingerprint density at radius 2 is 2.18 bits per heavy atom. The number of aliphatic imine (C=N–C) groups is 1. The van der Waals surface area contributed by atoms with Gasteiger partial charge in [0.25, 0.3) is 0 Å². The van der Waals surface area contributed by atoms with E-state index in [1.165, 1.54) is 0 Å². The van der Waals surface area contributed by atoms with Crippen molar-refractivity contribution in [3.05, 3.63) is 11.6 Å². The van der Waals surface area contributed by atoms with Gasteiger partial charge in [0.1, 0.15) is 5.78 Å².